The van der Waals surface area contributed by atoms with E-state index in [0.717, 1.165) is 30.9 Å². The Balaban J connectivity index is 1.47. The normalized spacial score (nSPS) is 17.8. The molecular weight excluding hydrogens is 260 g/mol. The number of hydrogen-bond acceptors (Lipinski definition) is 3. The summed E-state index contributed by atoms with van der Waals surface area (Å²) in [6, 6.07) is 1.76. The SMILES string of the molecule is O=C(NC[C@@H]1CCc2nccn2C1)Nc1ccsc1. The van der Waals surface area contributed by atoms with Gasteiger partial charge in [-0.1, -0.05) is 0 Å². The molecule has 0 spiro atoms. The van der Waals surface area contributed by atoms with Gasteiger partial charge in [0.25, 0.3) is 0 Å². The smallest absolute Gasteiger partial charge is 0.319 e. The molecule has 1 atom stereocenters. The van der Waals surface area contributed by atoms with Crippen molar-refractivity contribution in [3.05, 3.63) is 35.0 Å². The van der Waals surface area contributed by atoms with Crippen LogP contribution < -0.4 is 10.6 Å². The minimum absolute atomic E-state index is 0.130. The largest absolute Gasteiger partial charge is 0.338 e. The molecule has 0 aliphatic carbocycles. The van der Waals surface area contributed by atoms with E-state index in [1.165, 1.54) is 0 Å². The summed E-state index contributed by atoms with van der Waals surface area (Å²) in [7, 11) is 0. The van der Waals surface area contributed by atoms with Crippen LogP contribution in [0.15, 0.2) is 29.2 Å². The van der Waals surface area contributed by atoms with Crippen molar-refractivity contribution in [2.45, 2.75) is 19.4 Å². The number of fused-ring (bicyclic) bond motifs is 1. The van der Waals surface area contributed by atoms with E-state index in [2.05, 4.69) is 20.2 Å². The first-order chi connectivity index (χ1) is 9.31. The van der Waals surface area contributed by atoms with E-state index in [-0.39, 0.29) is 6.03 Å². The Morgan fingerprint density at radius 3 is 3.37 bits per heavy atom. The van der Waals surface area contributed by atoms with Crippen molar-refractivity contribution in [2.75, 3.05) is 11.9 Å². The summed E-state index contributed by atoms with van der Waals surface area (Å²) >= 11 is 1.57. The summed E-state index contributed by atoms with van der Waals surface area (Å²) in [5.41, 5.74) is 0.850. The summed E-state index contributed by atoms with van der Waals surface area (Å²) < 4.78 is 2.17. The number of aromatic nitrogens is 2. The fraction of sp³-hybridized carbons (Fsp3) is 0.385. The van der Waals surface area contributed by atoms with Crippen LogP contribution in [0.1, 0.15) is 12.2 Å². The Bertz CT molecular complexity index is 549. The lowest BCUT2D eigenvalue weighted by molar-refractivity contribution is 0.247. The molecule has 2 N–H and O–H groups in total. The molecular formula is C13H16N4OS. The van der Waals surface area contributed by atoms with Gasteiger partial charge in [0.2, 0.25) is 0 Å². The van der Waals surface area contributed by atoms with E-state index in [1.807, 2.05) is 29.2 Å². The molecule has 6 heteroatoms. The number of anilines is 1. The number of rotatable bonds is 3. The fourth-order valence-electron chi connectivity index (χ4n) is 2.35. The molecule has 0 saturated carbocycles. The van der Waals surface area contributed by atoms with E-state index in [4.69, 9.17) is 0 Å². The van der Waals surface area contributed by atoms with Crippen molar-refractivity contribution in [2.24, 2.45) is 5.92 Å². The second-order valence-electron chi connectivity index (χ2n) is 4.75. The number of thiophene rings is 1. The van der Waals surface area contributed by atoms with Crippen molar-refractivity contribution in [3.8, 4) is 0 Å². The Kier molecular flexibility index (Phi) is 3.50. The standard InChI is InChI=1S/C13H16N4OS/c18-13(16-11-3-6-19-9-11)15-7-10-1-2-12-14-4-5-17(12)8-10/h3-6,9-10H,1-2,7-8H2,(H2,15,16,18)/t10-/m0/s1. The highest BCUT2D eigenvalue weighted by molar-refractivity contribution is 7.08. The van der Waals surface area contributed by atoms with E-state index >= 15 is 0 Å². The van der Waals surface area contributed by atoms with Gasteiger partial charge in [-0.15, -0.1) is 0 Å². The van der Waals surface area contributed by atoms with Gasteiger partial charge in [-0.05, 0) is 23.8 Å². The molecule has 19 heavy (non-hydrogen) atoms. The second-order valence-corrected chi connectivity index (χ2v) is 5.53. The zero-order valence-electron chi connectivity index (χ0n) is 10.5. The van der Waals surface area contributed by atoms with E-state index in [1.54, 1.807) is 11.3 Å². The summed E-state index contributed by atoms with van der Waals surface area (Å²) in [5, 5.41) is 9.61. The molecule has 0 aromatic carbocycles. The van der Waals surface area contributed by atoms with Crippen LogP contribution >= 0.6 is 11.3 Å². The maximum Gasteiger partial charge on any atom is 0.319 e. The molecule has 2 aromatic heterocycles. The number of nitrogens with zero attached hydrogens (tertiary/aromatic N) is 2. The summed E-state index contributed by atoms with van der Waals surface area (Å²) in [6.45, 7) is 1.64. The van der Waals surface area contributed by atoms with Crippen LogP contribution in [0.2, 0.25) is 0 Å². The highest BCUT2D eigenvalue weighted by Gasteiger charge is 2.19. The third kappa shape index (κ3) is 2.96. The van der Waals surface area contributed by atoms with Gasteiger partial charge in [0.1, 0.15) is 5.82 Å². The number of imidazole rings is 1. The van der Waals surface area contributed by atoms with Crippen molar-refractivity contribution < 1.29 is 4.79 Å². The number of amides is 2. The number of nitrogens with one attached hydrogen (secondary N) is 2. The van der Waals surface area contributed by atoms with Crippen LogP contribution in [0.25, 0.3) is 0 Å². The van der Waals surface area contributed by atoms with Crippen molar-refractivity contribution in [1.82, 2.24) is 14.9 Å². The predicted molar refractivity (Wildman–Crippen MR) is 75.4 cm³/mol. The number of carbonyl (C=O) groups excluding carboxylic acids is 1. The molecule has 0 unspecified atom stereocenters. The topological polar surface area (TPSA) is 59.0 Å². The van der Waals surface area contributed by atoms with Crippen LogP contribution in [-0.2, 0) is 13.0 Å². The number of aryl methyl sites for hydroxylation is 1. The van der Waals surface area contributed by atoms with Crippen LogP contribution in [0, 0.1) is 5.92 Å². The highest BCUT2D eigenvalue weighted by atomic mass is 32.1. The minimum atomic E-state index is -0.130. The lowest BCUT2D eigenvalue weighted by Crippen LogP contribution is -2.36. The lowest BCUT2D eigenvalue weighted by Gasteiger charge is -2.23. The predicted octanol–water partition coefficient (Wildman–Crippen LogP) is 2.33. The van der Waals surface area contributed by atoms with Crippen molar-refractivity contribution in [3.63, 3.8) is 0 Å². The van der Waals surface area contributed by atoms with Gasteiger partial charge >= 0.3 is 6.03 Å². The minimum Gasteiger partial charge on any atom is -0.338 e. The zero-order valence-corrected chi connectivity index (χ0v) is 11.3. The van der Waals surface area contributed by atoms with Gasteiger partial charge in [0.05, 0.1) is 5.69 Å². The summed E-state index contributed by atoms with van der Waals surface area (Å²) in [4.78, 5) is 16.0. The second kappa shape index (κ2) is 5.44. The average Bonchev–Trinajstić information content (AvgIpc) is 3.06. The van der Waals surface area contributed by atoms with E-state index in [9.17, 15) is 4.79 Å². The molecule has 0 saturated heterocycles. The quantitative estimate of drug-likeness (QED) is 0.904. The molecule has 0 radical (unpaired) electrons. The van der Waals surface area contributed by atoms with E-state index in [0.29, 0.717) is 12.5 Å². The van der Waals surface area contributed by atoms with Crippen molar-refractivity contribution >= 4 is 23.1 Å². The lowest BCUT2D eigenvalue weighted by atomic mass is 9.99. The van der Waals surface area contributed by atoms with Crippen LogP contribution in [0.3, 0.4) is 0 Å². The third-order valence-corrected chi connectivity index (χ3v) is 4.05. The molecule has 5 nitrogen and oxygen atoms in total. The summed E-state index contributed by atoms with van der Waals surface area (Å²) in [5.74, 6) is 1.63. The highest BCUT2D eigenvalue weighted by Crippen LogP contribution is 2.18. The fourth-order valence-corrected chi connectivity index (χ4v) is 2.94. The molecule has 3 rings (SSSR count). The Hall–Kier alpha value is -1.82. The molecule has 2 amide bonds. The first-order valence-corrected chi connectivity index (χ1v) is 7.32. The molecule has 1 aliphatic rings. The molecule has 0 fully saturated rings. The number of hydrogen-bond donors (Lipinski definition) is 2. The monoisotopic (exact) mass is 276 g/mol. The number of carbonyl (C=O) groups is 1. The number of urea groups is 1. The van der Waals surface area contributed by atoms with E-state index < -0.39 is 0 Å². The van der Waals surface area contributed by atoms with Crippen molar-refractivity contribution in [1.29, 1.82) is 0 Å². The first-order valence-electron chi connectivity index (χ1n) is 6.38. The maximum absolute atomic E-state index is 11.7. The van der Waals surface area contributed by atoms with Gasteiger partial charge < -0.3 is 15.2 Å². The molecule has 3 heterocycles. The molecule has 100 valence electrons. The average molecular weight is 276 g/mol. The third-order valence-electron chi connectivity index (χ3n) is 3.36. The van der Waals surface area contributed by atoms with Gasteiger partial charge in [0.15, 0.2) is 0 Å². The molecule has 0 bridgehead atoms. The Labute approximate surface area is 115 Å². The van der Waals surface area contributed by atoms with Crippen LogP contribution in [0.4, 0.5) is 10.5 Å². The van der Waals surface area contributed by atoms with Gasteiger partial charge in [-0.3, -0.25) is 0 Å². The van der Waals surface area contributed by atoms with Gasteiger partial charge in [-0.25, -0.2) is 9.78 Å². The molecule has 2 aromatic rings. The van der Waals surface area contributed by atoms with Gasteiger partial charge in [-0.2, -0.15) is 11.3 Å². The van der Waals surface area contributed by atoms with Crippen LogP contribution in [-0.4, -0.2) is 22.1 Å². The van der Waals surface area contributed by atoms with Gasteiger partial charge in [0, 0.05) is 37.3 Å². The first kappa shape index (κ1) is 12.2. The maximum atomic E-state index is 11.7. The Morgan fingerprint density at radius 2 is 2.53 bits per heavy atom. The summed E-state index contributed by atoms with van der Waals surface area (Å²) in [6.07, 6.45) is 5.92. The molecule has 1 aliphatic heterocycles. The zero-order chi connectivity index (χ0) is 13.1. The Morgan fingerprint density at radius 1 is 1.58 bits per heavy atom. The van der Waals surface area contributed by atoms with Crippen LogP contribution in [0.5, 0.6) is 0 Å².